The molecule has 28 heavy (non-hydrogen) atoms. The van der Waals surface area contributed by atoms with Crippen LogP contribution in [0.25, 0.3) is 0 Å². The first-order valence-electron chi connectivity index (χ1n) is 9.19. The molecule has 1 aliphatic heterocycles. The summed E-state index contributed by atoms with van der Waals surface area (Å²) >= 11 is 0. The molecule has 1 aliphatic rings. The Labute approximate surface area is 172 Å². The maximum absolute atomic E-state index is 13.8. The van der Waals surface area contributed by atoms with Crippen molar-refractivity contribution in [1.82, 2.24) is 10.2 Å². The van der Waals surface area contributed by atoms with Gasteiger partial charge in [-0.3, -0.25) is 4.90 Å². The van der Waals surface area contributed by atoms with E-state index in [0.29, 0.717) is 26.3 Å². The SMILES string of the molecule is COc1cc(CNCC(c2cccc(F)c2)N2CCOCC2)cc(OC)c1.Cl. The molecule has 0 aliphatic carbocycles. The molecular weight excluding hydrogens is 383 g/mol. The van der Waals surface area contributed by atoms with Crippen molar-refractivity contribution >= 4 is 12.4 Å². The van der Waals surface area contributed by atoms with Crippen LogP contribution in [0.2, 0.25) is 0 Å². The molecule has 0 saturated carbocycles. The van der Waals surface area contributed by atoms with Crippen LogP contribution < -0.4 is 14.8 Å². The van der Waals surface area contributed by atoms with Crippen molar-refractivity contribution in [1.29, 1.82) is 0 Å². The van der Waals surface area contributed by atoms with E-state index in [0.717, 1.165) is 35.7 Å². The molecular formula is C21H28ClFN2O3. The number of nitrogens with zero attached hydrogens (tertiary/aromatic N) is 1. The number of rotatable bonds is 8. The van der Waals surface area contributed by atoms with Crippen LogP contribution in [0.15, 0.2) is 42.5 Å². The van der Waals surface area contributed by atoms with Crippen LogP contribution in [0.5, 0.6) is 11.5 Å². The van der Waals surface area contributed by atoms with Crippen molar-refractivity contribution in [2.24, 2.45) is 0 Å². The zero-order chi connectivity index (χ0) is 19.1. The highest BCUT2D eigenvalue weighted by Gasteiger charge is 2.22. The second-order valence-corrected chi connectivity index (χ2v) is 6.57. The van der Waals surface area contributed by atoms with Crippen molar-refractivity contribution in [3.05, 3.63) is 59.4 Å². The summed E-state index contributed by atoms with van der Waals surface area (Å²) in [5.41, 5.74) is 2.05. The van der Waals surface area contributed by atoms with Crippen molar-refractivity contribution in [2.45, 2.75) is 12.6 Å². The van der Waals surface area contributed by atoms with Crippen molar-refractivity contribution in [3.8, 4) is 11.5 Å². The van der Waals surface area contributed by atoms with Gasteiger partial charge in [0.25, 0.3) is 0 Å². The normalized spacial score (nSPS) is 15.5. The maximum atomic E-state index is 13.8. The third-order valence-corrected chi connectivity index (χ3v) is 4.80. The largest absolute Gasteiger partial charge is 0.497 e. The fraction of sp³-hybridized carbons (Fsp3) is 0.429. The van der Waals surface area contributed by atoms with Gasteiger partial charge in [-0.15, -0.1) is 12.4 Å². The third kappa shape index (κ3) is 6.07. The molecule has 0 amide bonds. The van der Waals surface area contributed by atoms with E-state index < -0.39 is 0 Å². The van der Waals surface area contributed by atoms with Crippen LogP contribution in [0.3, 0.4) is 0 Å². The highest BCUT2D eigenvalue weighted by Crippen LogP contribution is 2.24. The van der Waals surface area contributed by atoms with Crippen LogP contribution in [0.1, 0.15) is 17.2 Å². The predicted molar refractivity (Wildman–Crippen MR) is 110 cm³/mol. The molecule has 1 atom stereocenters. The van der Waals surface area contributed by atoms with Gasteiger partial charge in [-0.2, -0.15) is 0 Å². The van der Waals surface area contributed by atoms with E-state index in [1.807, 2.05) is 24.3 Å². The summed E-state index contributed by atoms with van der Waals surface area (Å²) in [5.74, 6) is 1.32. The van der Waals surface area contributed by atoms with E-state index in [4.69, 9.17) is 14.2 Å². The fourth-order valence-corrected chi connectivity index (χ4v) is 3.38. The Hall–Kier alpha value is -1.86. The van der Waals surface area contributed by atoms with E-state index in [2.05, 4.69) is 10.2 Å². The second-order valence-electron chi connectivity index (χ2n) is 6.57. The number of ether oxygens (including phenoxy) is 3. The first-order valence-corrected chi connectivity index (χ1v) is 9.19. The number of halogens is 2. The van der Waals surface area contributed by atoms with E-state index in [1.165, 1.54) is 6.07 Å². The molecule has 2 aromatic carbocycles. The van der Waals surface area contributed by atoms with Gasteiger partial charge in [0.15, 0.2) is 0 Å². The van der Waals surface area contributed by atoms with Gasteiger partial charge in [0, 0.05) is 38.3 Å². The Morgan fingerprint density at radius 2 is 1.75 bits per heavy atom. The van der Waals surface area contributed by atoms with Gasteiger partial charge in [-0.1, -0.05) is 12.1 Å². The van der Waals surface area contributed by atoms with E-state index in [-0.39, 0.29) is 24.3 Å². The quantitative estimate of drug-likeness (QED) is 0.722. The van der Waals surface area contributed by atoms with Gasteiger partial charge in [0.05, 0.1) is 27.4 Å². The summed E-state index contributed by atoms with van der Waals surface area (Å²) in [4.78, 5) is 2.34. The van der Waals surface area contributed by atoms with E-state index in [9.17, 15) is 4.39 Å². The van der Waals surface area contributed by atoms with Crippen LogP contribution in [0.4, 0.5) is 4.39 Å². The molecule has 0 aromatic heterocycles. The molecule has 5 nitrogen and oxygen atoms in total. The Balaban J connectivity index is 0.00000280. The topological polar surface area (TPSA) is 43.0 Å². The van der Waals surface area contributed by atoms with Crippen molar-refractivity contribution < 1.29 is 18.6 Å². The molecule has 154 valence electrons. The monoisotopic (exact) mass is 410 g/mol. The smallest absolute Gasteiger partial charge is 0.123 e. The number of morpholine rings is 1. The van der Waals surface area contributed by atoms with Crippen LogP contribution >= 0.6 is 12.4 Å². The standard InChI is InChI=1S/C21H27FN2O3.ClH/c1-25-19-10-16(11-20(13-19)26-2)14-23-15-21(24-6-8-27-9-7-24)17-4-3-5-18(22)12-17;/h3-5,10-13,21,23H,6-9,14-15H2,1-2H3;1H. The minimum atomic E-state index is -0.205. The molecule has 1 saturated heterocycles. The second kappa shape index (κ2) is 11.2. The van der Waals surface area contributed by atoms with Crippen molar-refractivity contribution in [3.63, 3.8) is 0 Å². The predicted octanol–water partition coefficient (Wildman–Crippen LogP) is 3.43. The molecule has 7 heteroatoms. The summed E-state index contributed by atoms with van der Waals surface area (Å²) in [7, 11) is 3.29. The third-order valence-electron chi connectivity index (χ3n) is 4.80. The number of hydrogen-bond donors (Lipinski definition) is 1. The van der Waals surface area contributed by atoms with Gasteiger partial charge in [-0.05, 0) is 35.4 Å². The van der Waals surface area contributed by atoms with Crippen LogP contribution in [-0.2, 0) is 11.3 Å². The number of benzene rings is 2. The molecule has 2 aromatic rings. The van der Waals surface area contributed by atoms with E-state index in [1.54, 1.807) is 26.4 Å². The summed E-state index contributed by atoms with van der Waals surface area (Å²) in [6, 6.07) is 12.8. The van der Waals surface area contributed by atoms with E-state index >= 15 is 0 Å². The molecule has 1 heterocycles. The summed E-state index contributed by atoms with van der Waals surface area (Å²) in [6.07, 6.45) is 0. The number of nitrogens with one attached hydrogen (secondary N) is 1. The molecule has 0 spiro atoms. The number of methoxy groups -OCH3 is 2. The summed E-state index contributed by atoms with van der Waals surface area (Å²) < 4.78 is 29.9. The average Bonchev–Trinajstić information content (AvgIpc) is 2.71. The molecule has 1 fully saturated rings. The summed E-state index contributed by atoms with van der Waals surface area (Å²) in [6.45, 7) is 4.48. The van der Waals surface area contributed by atoms with Gasteiger partial charge in [0.2, 0.25) is 0 Å². The lowest BCUT2D eigenvalue weighted by atomic mass is 10.0. The Kier molecular flexibility index (Phi) is 8.99. The molecule has 0 bridgehead atoms. The first kappa shape index (κ1) is 22.4. The Bertz CT molecular complexity index is 719. The first-order chi connectivity index (χ1) is 13.2. The van der Waals surface area contributed by atoms with Gasteiger partial charge in [0.1, 0.15) is 17.3 Å². The maximum Gasteiger partial charge on any atom is 0.123 e. The van der Waals surface area contributed by atoms with Crippen LogP contribution in [-0.4, -0.2) is 52.0 Å². The van der Waals surface area contributed by atoms with Gasteiger partial charge < -0.3 is 19.5 Å². The van der Waals surface area contributed by atoms with Gasteiger partial charge >= 0.3 is 0 Å². The number of hydrogen-bond acceptors (Lipinski definition) is 5. The lowest BCUT2D eigenvalue weighted by Gasteiger charge is -2.35. The highest BCUT2D eigenvalue weighted by atomic mass is 35.5. The molecule has 3 rings (SSSR count). The minimum Gasteiger partial charge on any atom is -0.497 e. The lowest BCUT2D eigenvalue weighted by molar-refractivity contribution is 0.0160. The average molecular weight is 411 g/mol. The Morgan fingerprint density at radius 1 is 1.07 bits per heavy atom. The molecule has 0 radical (unpaired) electrons. The summed E-state index contributed by atoms with van der Waals surface area (Å²) in [5, 5.41) is 3.50. The van der Waals surface area contributed by atoms with Gasteiger partial charge in [-0.25, -0.2) is 4.39 Å². The lowest BCUT2D eigenvalue weighted by Crippen LogP contribution is -2.42. The van der Waals surface area contributed by atoms with Crippen LogP contribution in [0, 0.1) is 5.82 Å². The highest BCUT2D eigenvalue weighted by molar-refractivity contribution is 5.85. The zero-order valence-electron chi connectivity index (χ0n) is 16.3. The molecule has 1 N–H and O–H groups in total. The molecule has 1 unspecified atom stereocenters. The van der Waals surface area contributed by atoms with Crippen molar-refractivity contribution in [2.75, 3.05) is 47.1 Å². The zero-order valence-corrected chi connectivity index (χ0v) is 17.1. The minimum absolute atomic E-state index is 0. The Morgan fingerprint density at radius 3 is 2.36 bits per heavy atom. The fourth-order valence-electron chi connectivity index (χ4n) is 3.38.